The van der Waals surface area contributed by atoms with Crippen molar-refractivity contribution in [3.63, 3.8) is 0 Å². The molecule has 0 atom stereocenters. The van der Waals surface area contributed by atoms with Gasteiger partial charge in [-0.05, 0) is 55.7 Å². The van der Waals surface area contributed by atoms with Crippen LogP contribution < -0.4 is 4.90 Å². The number of amides is 1. The van der Waals surface area contributed by atoms with Gasteiger partial charge in [0.05, 0.1) is 5.02 Å². The number of carbonyl (C=O) groups excluding carboxylic acids is 2. The molecule has 2 aliphatic rings. The number of hydrogen-bond acceptors (Lipinski definition) is 3. The molecule has 0 radical (unpaired) electrons. The Balaban J connectivity index is 1.54. The first-order chi connectivity index (χ1) is 11.6. The highest BCUT2D eigenvalue weighted by Gasteiger charge is 2.30. The lowest BCUT2D eigenvalue weighted by Gasteiger charge is -2.40. The fourth-order valence-electron chi connectivity index (χ4n) is 4.12. The Labute approximate surface area is 148 Å². The van der Waals surface area contributed by atoms with Crippen molar-refractivity contribution in [3.8, 4) is 0 Å². The Bertz CT molecular complexity index is 603. The first-order valence-electron chi connectivity index (χ1n) is 8.83. The molecule has 0 bridgehead atoms. The van der Waals surface area contributed by atoms with E-state index in [1.165, 1.54) is 12.8 Å². The van der Waals surface area contributed by atoms with Crippen LogP contribution in [0, 0.1) is 11.8 Å². The molecule has 3 rings (SSSR count). The SMILES string of the molecule is CC(=O)N1CCC(C2CCN(c3ccc(C=O)c(Cl)c3)CC2)CC1. The second-order valence-electron chi connectivity index (χ2n) is 6.99. The topological polar surface area (TPSA) is 40.6 Å². The first-order valence-corrected chi connectivity index (χ1v) is 9.21. The third-order valence-corrected chi connectivity index (χ3v) is 5.99. The maximum atomic E-state index is 11.4. The molecule has 2 fully saturated rings. The maximum absolute atomic E-state index is 11.4. The maximum Gasteiger partial charge on any atom is 0.219 e. The van der Waals surface area contributed by atoms with Gasteiger partial charge in [-0.2, -0.15) is 0 Å². The van der Waals surface area contributed by atoms with Crippen molar-refractivity contribution in [2.75, 3.05) is 31.1 Å². The van der Waals surface area contributed by atoms with Gasteiger partial charge in [0.25, 0.3) is 0 Å². The third kappa shape index (κ3) is 3.75. The monoisotopic (exact) mass is 348 g/mol. The van der Waals surface area contributed by atoms with E-state index in [0.717, 1.165) is 62.8 Å². The van der Waals surface area contributed by atoms with Gasteiger partial charge in [0.15, 0.2) is 6.29 Å². The second kappa shape index (κ2) is 7.56. The van der Waals surface area contributed by atoms with Gasteiger partial charge in [0.2, 0.25) is 5.91 Å². The van der Waals surface area contributed by atoms with E-state index in [1.54, 1.807) is 13.0 Å². The minimum Gasteiger partial charge on any atom is -0.371 e. The van der Waals surface area contributed by atoms with E-state index in [4.69, 9.17) is 11.6 Å². The van der Waals surface area contributed by atoms with Crippen LogP contribution in [0.1, 0.15) is 43.0 Å². The van der Waals surface area contributed by atoms with Crippen LogP contribution in [0.4, 0.5) is 5.69 Å². The lowest BCUT2D eigenvalue weighted by Crippen LogP contribution is -2.42. The predicted molar refractivity (Wildman–Crippen MR) is 96.8 cm³/mol. The number of likely N-dealkylation sites (tertiary alicyclic amines) is 1. The summed E-state index contributed by atoms with van der Waals surface area (Å²) in [4.78, 5) is 26.7. The molecule has 2 saturated heterocycles. The highest BCUT2D eigenvalue weighted by atomic mass is 35.5. The summed E-state index contributed by atoms with van der Waals surface area (Å²) in [6, 6.07) is 5.69. The number of hydrogen-bond donors (Lipinski definition) is 0. The lowest BCUT2D eigenvalue weighted by molar-refractivity contribution is -0.130. The summed E-state index contributed by atoms with van der Waals surface area (Å²) in [5, 5.41) is 0.529. The molecule has 0 N–H and O–H groups in total. The van der Waals surface area contributed by atoms with Crippen LogP contribution in [-0.2, 0) is 4.79 Å². The minimum atomic E-state index is 0.207. The summed E-state index contributed by atoms with van der Waals surface area (Å²) in [5.74, 6) is 1.72. The summed E-state index contributed by atoms with van der Waals surface area (Å²) in [6.07, 6.45) is 5.47. The van der Waals surface area contributed by atoms with Crippen LogP contribution in [0.2, 0.25) is 5.02 Å². The molecule has 1 amide bonds. The number of piperidine rings is 2. The number of anilines is 1. The predicted octanol–water partition coefficient (Wildman–Crippen LogP) is 3.63. The molecule has 0 spiro atoms. The Morgan fingerprint density at radius 1 is 1.08 bits per heavy atom. The Kier molecular flexibility index (Phi) is 5.44. The van der Waals surface area contributed by atoms with Crippen molar-refractivity contribution in [1.29, 1.82) is 0 Å². The molecule has 1 aromatic rings. The number of halogens is 1. The second-order valence-corrected chi connectivity index (χ2v) is 7.40. The quantitative estimate of drug-likeness (QED) is 0.783. The van der Waals surface area contributed by atoms with Crippen molar-refractivity contribution in [3.05, 3.63) is 28.8 Å². The van der Waals surface area contributed by atoms with Crippen molar-refractivity contribution >= 4 is 29.5 Å². The van der Waals surface area contributed by atoms with E-state index in [-0.39, 0.29) is 5.91 Å². The van der Waals surface area contributed by atoms with Gasteiger partial charge in [-0.1, -0.05) is 11.6 Å². The van der Waals surface area contributed by atoms with Crippen LogP contribution in [0.15, 0.2) is 18.2 Å². The molecule has 1 aromatic carbocycles. The molecule has 0 unspecified atom stereocenters. The number of carbonyl (C=O) groups is 2. The fourth-order valence-corrected chi connectivity index (χ4v) is 4.34. The first kappa shape index (κ1) is 17.3. The number of nitrogens with zero attached hydrogens (tertiary/aromatic N) is 2. The Hall–Kier alpha value is -1.55. The largest absolute Gasteiger partial charge is 0.371 e. The van der Waals surface area contributed by atoms with E-state index in [0.29, 0.717) is 10.6 Å². The molecule has 2 heterocycles. The van der Waals surface area contributed by atoms with Crippen LogP contribution in [0.5, 0.6) is 0 Å². The average molecular weight is 349 g/mol. The number of rotatable bonds is 3. The molecule has 0 aliphatic carbocycles. The summed E-state index contributed by atoms with van der Waals surface area (Å²) in [7, 11) is 0. The van der Waals surface area contributed by atoms with E-state index in [1.807, 2.05) is 17.0 Å². The van der Waals surface area contributed by atoms with E-state index >= 15 is 0 Å². The standard InChI is InChI=1S/C19H25ClN2O2/c1-14(24)21-8-4-15(5-9-21)16-6-10-22(11-7-16)18-3-2-17(13-23)19(20)12-18/h2-3,12-13,15-16H,4-11H2,1H3. The van der Waals surface area contributed by atoms with E-state index in [9.17, 15) is 9.59 Å². The summed E-state index contributed by atoms with van der Waals surface area (Å²) < 4.78 is 0. The average Bonchev–Trinajstić information content (AvgIpc) is 2.62. The molecule has 2 aliphatic heterocycles. The molecule has 4 nitrogen and oxygen atoms in total. The van der Waals surface area contributed by atoms with Crippen molar-refractivity contribution in [2.24, 2.45) is 11.8 Å². The number of aldehydes is 1. The van der Waals surface area contributed by atoms with Crippen molar-refractivity contribution in [1.82, 2.24) is 4.90 Å². The number of benzene rings is 1. The highest BCUT2D eigenvalue weighted by molar-refractivity contribution is 6.33. The zero-order valence-corrected chi connectivity index (χ0v) is 15.0. The van der Waals surface area contributed by atoms with Gasteiger partial charge in [-0.15, -0.1) is 0 Å². The van der Waals surface area contributed by atoms with E-state index in [2.05, 4.69) is 4.90 Å². The summed E-state index contributed by atoms with van der Waals surface area (Å²) >= 11 is 6.15. The fraction of sp³-hybridized carbons (Fsp3) is 0.579. The zero-order valence-electron chi connectivity index (χ0n) is 14.2. The van der Waals surface area contributed by atoms with Crippen LogP contribution >= 0.6 is 11.6 Å². The lowest BCUT2D eigenvalue weighted by atomic mass is 9.78. The van der Waals surface area contributed by atoms with Gasteiger partial charge in [0.1, 0.15) is 0 Å². The molecule has 0 saturated carbocycles. The van der Waals surface area contributed by atoms with Gasteiger partial charge >= 0.3 is 0 Å². The van der Waals surface area contributed by atoms with Crippen molar-refractivity contribution in [2.45, 2.75) is 32.6 Å². The van der Waals surface area contributed by atoms with Crippen LogP contribution in [0.25, 0.3) is 0 Å². The zero-order chi connectivity index (χ0) is 17.1. The van der Waals surface area contributed by atoms with Crippen molar-refractivity contribution < 1.29 is 9.59 Å². The van der Waals surface area contributed by atoms with Gasteiger partial charge in [-0.25, -0.2) is 0 Å². The smallest absolute Gasteiger partial charge is 0.219 e. The normalized spacial score (nSPS) is 20.2. The molecule has 130 valence electrons. The summed E-state index contributed by atoms with van der Waals surface area (Å²) in [5.41, 5.74) is 1.66. The summed E-state index contributed by atoms with van der Waals surface area (Å²) in [6.45, 7) is 5.58. The van der Waals surface area contributed by atoms with Gasteiger partial charge in [0, 0.05) is 44.4 Å². The van der Waals surface area contributed by atoms with Crippen LogP contribution in [-0.4, -0.2) is 43.3 Å². The molecule has 24 heavy (non-hydrogen) atoms. The Morgan fingerprint density at radius 2 is 1.67 bits per heavy atom. The molecule has 5 heteroatoms. The Morgan fingerprint density at radius 3 is 2.17 bits per heavy atom. The van der Waals surface area contributed by atoms with Gasteiger partial charge in [-0.3, -0.25) is 9.59 Å². The third-order valence-electron chi connectivity index (χ3n) is 5.67. The minimum absolute atomic E-state index is 0.207. The van der Waals surface area contributed by atoms with Gasteiger partial charge < -0.3 is 9.80 Å². The highest BCUT2D eigenvalue weighted by Crippen LogP contribution is 2.34. The molecule has 0 aromatic heterocycles. The molecular formula is C19H25ClN2O2. The van der Waals surface area contributed by atoms with E-state index < -0.39 is 0 Å². The van der Waals surface area contributed by atoms with Crippen LogP contribution in [0.3, 0.4) is 0 Å². The molecular weight excluding hydrogens is 324 g/mol.